The molecule has 0 bridgehead atoms. The third kappa shape index (κ3) is 2.67. The fourth-order valence-corrected chi connectivity index (χ4v) is 1.81. The van der Waals surface area contributed by atoms with Gasteiger partial charge in [-0.3, -0.25) is 0 Å². The van der Waals surface area contributed by atoms with Gasteiger partial charge >= 0.3 is 0 Å². The first-order valence-electron chi connectivity index (χ1n) is 5.47. The lowest BCUT2D eigenvalue weighted by Crippen LogP contribution is -2.02. The maximum absolute atomic E-state index is 8.97. The molecule has 0 aliphatic carbocycles. The first kappa shape index (κ1) is 12.8. The molecule has 0 radical (unpaired) electrons. The van der Waals surface area contributed by atoms with E-state index in [9.17, 15) is 0 Å². The fraction of sp³-hybridized carbons (Fsp3) is 0.538. The SMILES string of the molecule is COc1cc([C@@H](C)CCO)c(OC)cc1C. The molecule has 90 valence electrons. The molecule has 1 aromatic rings. The van der Waals surface area contributed by atoms with E-state index in [-0.39, 0.29) is 12.5 Å². The van der Waals surface area contributed by atoms with Crippen LogP contribution in [0.4, 0.5) is 0 Å². The number of benzene rings is 1. The maximum atomic E-state index is 8.97. The number of aryl methyl sites for hydroxylation is 1. The van der Waals surface area contributed by atoms with Crippen LogP contribution in [0.5, 0.6) is 11.5 Å². The van der Waals surface area contributed by atoms with Gasteiger partial charge in [-0.1, -0.05) is 6.92 Å². The highest BCUT2D eigenvalue weighted by Crippen LogP contribution is 2.34. The molecule has 16 heavy (non-hydrogen) atoms. The zero-order valence-corrected chi connectivity index (χ0v) is 10.4. The molecule has 3 nitrogen and oxygen atoms in total. The van der Waals surface area contributed by atoms with E-state index in [0.29, 0.717) is 0 Å². The average Bonchev–Trinajstić information content (AvgIpc) is 2.28. The van der Waals surface area contributed by atoms with Crippen LogP contribution in [0.2, 0.25) is 0 Å². The summed E-state index contributed by atoms with van der Waals surface area (Å²) in [7, 11) is 3.33. The van der Waals surface area contributed by atoms with Crippen LogP contribution in [0.15, 0.2) is 12.1 Å². The lowest BCUT2D eigenvalue weighted by molar-refractivity contribution is 0.277. The number of methoxy groups -OCH3 is 2. The number of hydrogen-bond acceptors (Lipinski definition) is 3. The second-order valence-corrected chi connectivity index (χ2v) is 3.98. The van der Waals surface area contributed by atoms with Gasteiger partial charge in [0, 0.05) is 12.2 Å². The van der Waals surface area contributed by atoms with Crippen LogP contribution in [0.3, 0.4) is 0 Å². The molecular formula is C13H20O3. The summed E-state index contributed by atoms with van der Waals surface area (Å²) in [5.41, 5.74) is 2.14. The summed E-state index contributed by atoms with van der Waals surface area (Å²) in [4.78, 5) is 0. The van der Waals surface area contributed by atoms with E-state index in [4.69, 9.17) is 14.6 Å². The first-order valence-corrected chi connectivity index (χ1v) is 5.47. The zero-order valence-electron chi connectivity index (χ0n) is 10.4. The smallest absolute Gasteiger partial charge is 0.122 e. The average molecular weight is 224 g/mol. The van der Waals surface area contributed by atoms with Crippen LogP contribution >= 0.6 is 0 Å². The van der Waals surface area contributed by atoms with Crippen LogP contribution in [0, 0.1) is 6.92 Å². The molecule has 0 saturated heterocycles. The molecule has 0 aliphatic rings. The Bertz CT molecular complexity index is 347. The van der Waals surface area contributed by atoms with Crippen LogP contribution in [-0.2, 0) is 0 Å². The lowest BCUT2D eigenvalue weighted by atomic mass is 9.95. The normalized spacial score (nSPS) is 12.3. The summed E-state index contributed by atoms with van der Waals surface area (Å²) in [5.74, 6) is 1.98. The van der Waals surface area contributed by atoms with Crippen LogP contribution in [0.25, 0.3) is 0 Å². The molecule has 0 aromatic heterocycles. The molecule has 0 spiro atoms. The highest BCUT2D eigenvalue weighted by atomic mass is 16.5. The number of aliphatic hydroxyl groups is 1. The van der Waals surface area contributed by atoms with Crippen molar-refractivity contribution >= 4 is 0 Å². The lowest BCUT2D eigenvalue weighted by Gasteiger charge is -2.17. The summed E-state index contributed by atoms with van der Waals surface area (Å²) in [5, 5.41) is 8.97. The van der Waals surface area contributed by atoms with Crippen molar-refractivity contribution in [1.82, 2.24) is 0 Å². The van der Waals surface area contributed by atoms with Gasteiger partial charge in [-0.15, -0.1) is 0 Å². The number of rotatable bonds is 5. The van der Waals surface area contributed by atoms with Gasteiger partial charge in [0.25, 0.3) is 0 Å². The van der Waals surface area contributed by atoms with E-state index in [2.05, 4.69) is 6.92 Å². The topological polar surface area (TPSA) is 38.7 Å². The van der Waals surface area contributed by atoms with Gasteiger partial charge in [-0.05, 0) is 37.0 Å². The predicted molar refractivity (Wildman–Crippen MR) is 64.4 cm³/mol. The Morgan fingerprint density at radius 2 is 1.81 bits per heavy atom. The van der Waals surface area contributed by atoms with Gasteiger partial charge in [0.2, 0.25) is 0 Å². The molecule has 1 rings (SSSR count). The van der Waals surface area contributed by atoms with Gasteiger partial charge in [0.1, 0.15) is 11.5 Å². The van der Waals surface area contributed by atoms with Crippen LogP contribution in [0.1, 0.15) is 30.4 Å². The molecule has 0 fully saturated rings. The third-order valence-corrected chi connectivity index (χ3v) is 2.84. The zero-order chi connectivity index (χ0) is 12.1. The van der Waals surface area contributed by atoms with Crippen molar-refractivity contribution < 1.29 is 14.6 Å². The van der Waals surface area contributed by atoms with Gasteiger partial charge in [-0.25, -0.2) is 0 Å². The molecule has 0 amide bonds. The fourth-order valence-electron chi connectivity index (χ4n) is 1.81. The predicted octanol–water partition coefficient (Wildman–Crippen LogP) is 2.50. The third-order valence-electron chi connectivity index (χ3n) is 2.84. The van der Waals surface area contributed by atoms with Crippen molar-refractivity contribution in [2.45, 2.75) is 26.2 Å². The summed E-state index contributed by atoms with van der Waals surface area (Å²) < 4.78 is 10.7. The van der Waals surface area contributed by atoms with Crippen molar-refractivity contribution in [3.8, 4) is 11.5 Å². The van der Waals surface area contributed by atoms with Gasteiger partial charge in [0.15, 0.2) is 0 Å². The summed E-state index contributed by atoms with van der Waals surface area (Å²) in [6.07, 6.45) is 0.725. The largest absolute Gasteiger partial charge is 0.496 e. The Kier molecular flexibility index (Phi) is 4.62. The van der Waals surface area contributed by atoms with Gasteiger partial charge in [0.05, 0.1) is 14.2 Å². The highest BCUT2D eigenvalue weighted by molar-refractivity contribution is 5.47. The Balaban J connectivity index is 3.13. The minimum absolute atomic E-state index is 0.181. The molecule has 3 heteroatoms. The van der Waals surface area contributed by atoms with Crippen molar-refractivity contribution in [1.29, 1.82) is 0 Å². The highest BCUT2D eigenvalue weighted by Gasteiger charge is 2.14. The van der Waals surface area contributed by atoms with Gasteiger partial charge < -0.3 is 14.6 Å². The molecule has 0 saturated carbocycles. The van der Waals surface area contributed by atoms with E-state index in [1.54, 1.807) is 14.2 Å². The van der Waals surface area contributed by atoms with Crippen LogP contribution < -0.4 is 9.47 Å². The van der Waals surface area contributed by atoms with Crippen molar-refractivity contribution in [2.75, 3.05) is 20.8 Å². The van der Waals surface area contributed by atoms with E-state index in [0.717, 1.165) is 29.0 Å². The van der Waals surface area contributed by atoms with Crippen LogP contribution in [-0.4, -0.2) is 25.9 Å². The monoisotopic (exact) mass is 224 g/mol. The molecule has 0 aliphatic heterocycles. The number of hydrogen-bond donors (Lipinski definition) is 1. The number of aliphatic hydroxyl groups excluding tert-OH is 1. The minimum atomic E-state index is 0.181. The van der Waals surface area contributed by atoms with E-state index >= 15 is 0 Å². The molecule has 1 atom stereocenters. The van der Waals surface area contributed by atoms with Crippen molar-refractivity contribution in [3.63, 3.8) is 0 Å². The van der Waals surface area contributed by atoms with E-state index in [1.807, 2.05) is 19.1 Å². The molecule has 1 aromatic carbocycles. The second kappa shape index (κ2) is 5.75. The Hall–Kier alpha value is -1.22. The molecule has 0 heterocycles. The second-order valence-electron chi connectivity index (χ2n) is 3.98. The molecule has 1 N–H and O–H groups in total. The minimum Gasteiger partial charge on any atom is -0.496 e. The summed E-state index contributed by atoms with van der Waals surface area (Å²) in [6.45, 7) is 4.24. The Labute approximate surface area is 97.0 Å². The summed E-state index contributed by atoms with van der Waals surface area (Å²) >= 11 is 0. The summed E-state index contributed by atoms with van der Waals surface area (Å²) in [6, 6.07) is 3.97. The quantitative estimate of drug-likeness (QED) is 0.835. The number of ether oxygens (including phenoxy) is 2. The first-order chi connectivity index (χ1) is 7.63. The Morgan fingerprint density at radius 1 is 1.19 bits per heavy atom. The van der Waals surface area contributed by atoms with Crippen molar-refractivity contribution in [2.24, 2.45) is 0 Å². The molecular weight excluding hydrogens is 204 g/mol. The molecule has 0 unspecified atom stereocenters. The van der Waals surface area contributed by atoms with Gasteiger partial charge in [-0.2, -0.15) is 0 Å². The Morgan fingerprint density at radius 3 is 2.31 bits per heavy atom. The van der Waals surface area contributed by atoms with Crippen molar-refractivity contribution in [3.05, 3.63) is 23.3 Å². The van der Waals surface area contributed by atoms with E-state index in [1.165, 1.54) is 0 Å². The van der Waals surface area contributed by atoms with E-state index < -0.39 is 0 Å². The standard InChI is InChI=1S/C13H20O3/c1-9(5-6-14)11-8-12(15-3)10(2)7-13(11)16-4/h7-9,14H,5-6H2,1-4H3/t9-/m0/s1. The maximum Gasteiger partial charge on any atom is 0.122 e.